The van der Waals surface area contributed by atoms with Gasteiger partial charge in [-0.2, -0.15) is 0 Å². The van der Waals surface area contributed by atoms with Gasteiger partial charge in [-0.1, -0.05) is 250 Å². The van der Waals surface area contributed by atoms with E-state index in [-0.39, 0.29) is 5.41 Å². The average molecular weight is 1090 g/mol. The van der Waals surface area contributed by atoms with E-state index in [4.69, 9.17) is 0 Å². The first-order chi connectivity index (χ1) is 41.9. The van der Waals surface area contributed by atoms with Gasteiger partial charge in [-0.15, -0.1) is 0 Å². The third-order valence-corrected chi connectivity index (χ3v) is 19.7. The normalized spacial score (nSPS) is 15.3. The SMILES string of the molecule is CC1(C)c2ccccc2-c2ccc(N(C3=CC=C(c4ccc5c(c4)c4cc(C6(c7ccccc7)c7ccccc7-c7ccccc76)ccc4n5-c4ccccc4)CC3)c3ccc4c(c3)C(c3ccccc3)(c3ccccc3)c3ccccc3-4)cc21. The second-order valence-corrected chi connectivity index (χ2v) is 24.2. The topological polar surface area (TPSA) is 8.17 Å². The number of rotatable bonds is 9. The molecule has 4 aliphatic rings. The summed E-state index contributed by atoms with van der Waals surface area (Å²) in [5.41, 5.74) is 29.5. The van der Waals surface area contributed by atoms with Gasteiger partial charge in [0.15, 0.2) is 0 Å². The number of hydrogen-bond donors (Lipinski definition) is 0. The molecule has 0 saturated carbocycles. The van der Waals surface area contributed by atoms with Crippen molar-refractivity contribution >= 4 is 38.8 Å². The van der Waals surface area contributed by atoms with Crippen LogP contribution in [0.3, 0.4) is 0 Å². The lowest BCUT2D eigenvalue weighted by Crippen LogP contribution is -2.29. The molecule has 0 fully saturated rings. The van der Waals surface area contributed by atoms with Crippen LogP contribution in [0.1, 0.15) is 87.9 Å². The number of allylic oxidation sites excluding steroid dienone is 4. The van der Waals surface area contributed by atoms with Crippen molar-refractivity contribution < 1.29 is 0 Å². The molecule has 13 aromatic rings. The van der Waals surface area contributed by atoms with E-state index in [0.29, 0.717) is 0 Å². The number of anilines is 2. The van der Waals surface area contributed by atoms with Crippen LogP contribution in [0.2, 0.25) is 0 Å². The third-order valence-electron chi connectivity index (χ3n) is 19.7. The van der Waals surface area contributed by atoms with Gasteiger partial charge < -0.3 is 9.47 Å². The molecule has 402 valence electrons. The highest BCUT2D eigenvalue weighted by Crippen LogP contribution is 2.59. The van der Waals surface area contributed by atoms with E-state index in [1.54, 1.807) is 0 Å². The Labute approximate surface area is 497 Å². The van der Waals surface area contributed by atoms with Gasteiger partial charge in [-0.3, -0.25) is 0 Å². The lowest BCUT2D eigenvalue weighted by atomic mass is 9.67. The van der Waals surface area contributed by atoms with E-state index in [1.807, 2.05) is 0 Å². The van der Waals surface area contributed by atoms with E-state index in [2.05, 4.69) is 327 Å². The minimum Gasteiger partial charge on any atom is -0.314 e. The fourth-order valence-electron chi connectivity index (χ4n) is 16.0. The van der Waals surface area contributed by atoms with Gasteiger partial charge in [0.1, 0.15) is 0 Å². The Morgan fingerprint density at radius 1 is 0.318 bits per heavy atom. The summed E-state index contributed by atoms with van der Waals surface area (Å²) >= 11 is 0. The van der Waals surface area contributed by atoms with Crippen molar-refractivity contribution in [3.8, 4) is 39.1 Å². The average Bonchev–Trinajstić information content (AvgIpc) is 1.88. The summed E-state index contributed by atoms with van der Waals surface area (Å²) in [6.07, 6.45) is 6.58. The van der Waals surface area contributed by atoms with E-state index < -0.39 is 10.8 Å². The molecule has 2 heteroatoms. The molecule has 0 N–H and O–H groups in total. The summed E-state index contributed by atoms with van der Waals surface area (Å²) in [5, 5.41) is 2.50. The van der Waals surface area contributed by atoms with Crippen LogP contribution in [0.4, 0.5) is 11.4 Å². The molecule has 2 nitrogen and oxygen atoms in total. The van der Waals surface area contributed by atoms with Crippen LogP contribution in [0, 0.1) is 0 Å². The van der Waals surface area contributed by atoms with Crippen molar-refractivity contribution in [1.29, 1.82) is 0 Å². The minimum absolute atomic E-state index is 0.159. The molecule has 17 rings (SSSR count). The quantitative estimate of drug-likeness (QED) is 0.140. The predicted molar refractivity (Wildman–Crippen MR) is 353 cm³/mol. The summed E-state index contributed by atoms with van der Waals surface area (Å²) < 4.78 is 2.46. The third kappa shape index (κ3) is 7.06. The lowest BCUT2D eigenvalue weighted by molar-refractivity contribution is 0.660. The second-order valence-electron chi connectivity index (χ2n) is 24.2. The maximum Gasteiger partial charge on any atom is 0.0714 e. The fourth-order valence-corrected chi connectivity index (χ4v) is 16.0. The van der Waals surface area contributed by atoms with E-state index in [9.17, 15) is 0 Å². The van der Waals surface area contributed by atoms with E-state index >= 15 is 0 Å². The molecule has 1 aromatic heterocycles. The van der Waals surface area contributed by atoms with Crippen LogP contribution < -0.4 is 4.90 Å². The molecule has 0 bridgehead atoms. The van der Waals surface area contributed by atoms with Crippen LogP contribution in [0.5, 0.6) is 0 Å². The van der Waals surface area contributed by atoms with Crippen LogP contribution >= 0.6 is 0 Å². The molecule has 0 saturated heterocycles. The maximum absolute atomic E-state index is 2.58. The van der Waals surface area contributed by atoms with Crippen molar-refractivity contribution in [2.24, 2.45) is 0 Å². The predicted octanol–water partition coefficient (Wildman–Crippen LogP) is 20.7. The molecule has 0 amide bonds. The highest BCUT2D eigenvalue weighted by atomic mass is 15.1. The van der Waals surface area contributed by atoms with Gasteiger partial charge in [0.05, 0.1) is 21.9 Å². The minimum atomic E-state index is -0.525. The number of aromatic nitrogens is 1. The molecule has 0 radical (unpaired) electrons. The Morgan fingerprint density at radius 2 is 0.741 bits per heavy atom. The fraction of sp³-hybridized carbons (Fsp3) is 0.0843. The number of para-hydroxylation sites is 1. The first kappa shape index (κ1) is 49.3. The standard InChI is InChI=1S/C83H60N2/c1-81(2)73-35-19-15-31-65(73)69-47-45-63(53-77(69)81)84(64-46-48-70-68-34-18-20-36-74(68)82(78(70)54-64,57-23-7-3-8-24-57)58-25-9-4-10-26-58)62-43-39-55(40-44-62)56-41-49-79-71(51-56)72-52-60(42-50-80(72)85(79)61-29-13-6-14-30-61)83(59-27-11-5-12-28-59)75-37-21-16-32-66(75)67-33-17-22-38-76(67)83/h3-39,41-43,45-54H,40,44H2,1-2H3. The first-order valence-electron chi connectivity index (χ1n) is 30.1. The van der Waals surface area contributed by atoms with Gasteiger partial charge >= 0.3 is 0 Å². The Balaban J connectivity index is 0.844. The second kappa shape index (κ2) is 18.9. The maximum atomic E-state index is 2.58. The summed E-state index contributed by atoms with van der Waals surface area (Å²) in [7, 11) is 0. The van der Waals surface area contributed by atoms with Crippen molar-refractivity contribution in [1.82, 2.24) is 4.57 Å². The summed E-state index contributed by atoms with van der Waals surface area (Å²) in [6.45, 7) is 4.79. The number of hydrogen-bond acceptors (Lipinski definition) is 1. The first-order valence-corrected chi connectivity index (χ1v) is 30.1. The smallest absolute Gasteiger partial charge is 0.0714 e. The molecule has 4 aliphatic carbocycles. The van der Waals surface area contributed by atoms with Crippen molar-refractivity contribution in [2.75, 3.05) is 4.90 Å². The molecule has 85 heavy (non-hydrogen) atoms. The Bertz CT molecular complexity index is 4820. The monoisotopic (exact) mass is 1080 g/mol. The summed E-state index contributed by atoms with van der Waals surface area (Å²) in [6, 6.07) is 110. The molecule has 12 aromatic carbocycles. The number of benzene rings is 12. The molecule has 0 atom stereocenters. The highest BCUT2D eigenvalue weighted by Gasteiger charge is 2.48. The van der Waals surface area contributed by atoms with Crippen molar-refractivity contribution in [2.45, 2.75) is 42.9 Å². The van der Waals surface area contributed by atoms with E-state index in [0.717, 1.165) is 24.2 Å². The Hall–Kier alpha value is -10.3. The molecule has 1 heterocycles. The van der Waals surface area contributed by atoms with Gasteiger partial charge in [-0.25, -0.2) is 0 Å². The van der Waals surface area contributed by atoms with Crippen molar-refractivity contribution in [3.63, 3.8) is 0 Å². The number of nitrogens with zero attached hydrogens (tertiary/aromatic N) is 2. The van der Waals surface area contributed by atoms with E-state index in [1.165, 1.54) is 133 Å². The molecule has 0 unspecified atom stereocenters. The van der Waals surface area contributed by atoms with Crippen molar-refractivity contribution in [3.05, 3.63) is 370 Å². The van der Waals surface area contributed by atoms with Crippen LogP contribution in [-0.2, 0) is 16.2 Å². The zero-order chi connectivity index (χ0) is 56.4. The molecule has 0 spiro atoms. The molecular weight excluding hydrogens is 1020 g/mol. The van der Waals surface area contributed by atoms with Gasteiger partial charge in [0, 0.05) is 38.9 Å². The largest absolute Gasteiger partial charge is 0.314 e. The zero-order valence-electron chi connectivity index (χ0n) is 47.7. The summed E-state index contributed by atoms with van der Waals surface area (Å²) in [5.74, 6) is 0. The van der Waals surface area contributed by atoms with Crippen LogP contribution in [0.15, 0.2) is 309 Å². The Morgan fingerprint density at radius 3 is 1.27 bits per heavy atom. The Kier molecular flexibility index (Phi) is 11.0. The van der Waals surface area contributed by atoms with Crippen LogP contribution in [-0.4, -0.2) is 4.57 Å². The van der Waals surface area contributed by atoms with Gasteiger partial charge in [-0.05, 0) is 180 Å². The van der Waals surface area contributed by atoms with Gasteiger partial charge in [0.25, 0.3) is 0 Å². The molecular formula is C83H60N2. The van der Waals surface area contributed by atoms with Gasteiger partial charge in [0.2, 0.25) is 0 Å². The zero-order valence-corrected chi connectivity index (χ0v) is 47.7. The number of fused-ring (bicyclic) bond motifs is 12. The summed E-state index contributed by atoms with van der Waals surface area (Å²) in [4.78, 5) is 2.58. The van der Waals surface area contributed by atoms with Crippen LogP contribution in [0.25, 0.3) is 66.4 Å². The lowest BCUT2D eigenvalue weighted by Gasteiger charge is -2.35. The molecule has 0 aliphatic heterocycles. The highest BCUT2D eigenvalue weighted by molar-refractivity contribution is 6.11.